The first kappa shape index (κ1) is 17.8. The fraction of sp³-hybridized carbons (Fsp3) is 0.526. The van der Waals surface area contributed by atoms with Crippen molar-refractivity contribution < 1.29 is 4.79 Å². The van der Waals surface area contributed by atoms with Crippen LogP contribution < -0.4 is 0 Å². The number of benzene rings is 1. The van der Waals surface area contributed by atoms with Gasteiger partial charge in [-0.15, -0.1) is 0 Å². The molecule has 1 atom stereocenters. The van der Waals surface area contributed by atoms with E-state index in [4.69, 9.17) is 0 Å². The fourth-order valence-corrected chi connectivity index (χ4v) is 3.32. The van der Waals surface area contributed by atoms with Gasteiger partial charge in [0.15, 0.2) is 0 Å². The Morgan fingerprint density at radius 3 is 2.76 bits per heavy atom. The van der Waals surface area contributed by atoms with Crippen molar-refractivity contribution in [2.75, 3.05) is 40.8 Å². The smallest absolute Gasteiger partial charge is 0.223 e. The van der Waals surface area contributed by atoms with E-state index in [0.717, 1.165) is 36.4 Å². The molecule has 1 aromatic heterocycles. The first-order valence-corrected chi connectivity index (χ1v) is 8.86. The lowest BCUT2D eigenvalue weighted by atomic mass is 10.2. The Balaban J connectivity index is 1.51. The highest BCUT2D eigenvalue weighted by atomic mass is 16.2. The van der Waals surface area contributed by atoms with Gasteiger partial charge < -0.3 is 14.7 Å². The van der Waals surface area contributed by atoms with Gasteiger partial charge in [-0.1, -0.05) is 12.1 Å². The summed E-state index contributed by atoms with van der Waals surface area (Å²) in [6, 6.07) is 8.35. The molecule has 1 aliphatic rings. The molecule has 1 unspecified atom stereocenters. The van der Waals surface area contributed by atoms with Crippen LogP contribution in [0.4, 0.5) is 0 Å². The van der Waals surface area contributed by atoms with E-state index in [1.807, 2.05) is 31.3 Å². The van der Waals surface area contributed by atoms with Crippen LogP contribution >= 0.6 is 0 Å². The van der Waals surface area contributed by atoms with E-state index >= 15 is 0 Å². The van der Waals surface area contributed by atoms with Crippen LogP contribution in [0.15, 0.2) is 30.5 Å². The summed E-state index contributed by atoms with van der Waals surface area (Å²) in [6.07, 6.45) is 3.48. The predicted octanol–water partition coefficient (Wildman–Crippen LogP) is 1.61. The van der Waals surface area contributed by atoms with Gasteiger partial charge in [-0.25, -0.2) is 4.98 Å². The van der Waals surface area contributed by atoms with Gasteiger partial charge in [0, 0.05) is 32.6 Å². The summed E-state index contributed by atoms with van der Waals surface area (Å²) in [5.41, 5.74) is 2.56. The molecule has 1 aromatic carbocycles. The number of hydrogen-bond donors (Lipinski definition) is 0. The zero-order valence-electron chi connectivity index (χ0n) is 15.4. The minimum atomic E-state index is 0.146. The van der Waals surface area contributed by atoms with E-state index < -0.39 is 0 Å². The number of fused-ring (bicyclic) bond motifs is 1. The molecule has 0 spiro atoms. The van der Waals surface area contributed by atoms with E-state index in [-0.39, 0.29) is 5.91 Å². The fourth-order valence-electron chi connectivity index (χ4n) is 3.32. The number of rotatable bonds is 6. The highest BCUT2D eigenvalue weighted by Gasteiger charge is 2.23. The van der Waals surface area contributed by atoms with Gasteiger partial charge in [-0.3, -0.25) is 9.78 Å². The molecule has 6 heteroatoms. The lowest BCUT2D eigenvalue weighted by molar-refractivity contribution is -0.130. The second kappa shape index (κ2) is 7.89. The van der Waals surface area contributed by atoms with E-state index in [1.54, 1.807) is 11.1 Å². The standard InChI is InChI=1S/C19H27N5O/c1-22-10-8-16(14-22)23(2)11-9-19(25)24(3)13-15-12-20-17-6-4-5-7-18(17)21-15/h4-7,12,16H,8-11,13-14H2,1-3H3. The number of carbonyl (C=O) groups excluding carboxylic acids is 1. The van der Waals surface area contributed by atoms with Crippen LogP contribution in [0, 0.1) is 0 Å². The van der Waals surface area contributed by atoms with Crippen LogP contribution in [0.2, 0.25) is 0 Å². The van der Waals surface area contributed by atoms with Crippen molar-refractivity contribution in [1.29, 1.82) is 0 Å². The third-order valence-corrected chi connectivity index (χ3v) is 4.99. The lowest BCUT2D eigenvalue weighted by Crippen LogP contribution is -2.37. The molecule has 1 fully saturated rings. The molecule has 134 valence electrons. The van der Waals surface area contributed by atoms with Gasteiger partial charge in [-0.05, 0) is 39.2 Å². The van der Waals surface area contributed by atoms with Crippen LogP contribution in [0.1, 0.15) is 18.5 Å². The normalized spacial score (nSPS) is 18.2. The maximum Gasteiger partial charge on any atom is 0.223 e. The lowest BCUT2D eigenvalue weighted by Gasteiger charge is -2.25. The Bertz CT molecular complexity index is 735. The average Bonchev–Trinajstić information content (AvgIpc) is 3.05. The minimum absolute atomic E-state index is 0.146. The zero-order valence-corrected chi connectivity index (χ0v) is 15.4. The van der Waals surface area contributed by atoms with Crippen molar-refractivity contribution in [2.24, 2.45) is 0 Å². The van der Waals surface area contributed by atoms with E-state index in [1.165, 1.54) is 6.42 Å². The second-order valence-corrected chi connectivity index (χ2v) is 7.04. The topological polar surface area (TPSA) is 52.6 Å². The molecule has 3 rings (SSSR count). The van der Waals surface area contributed by atoms with Crippen molar-refractivity contribution in [3.8, 4) is 0 Å². The number of hydrogen-bond acceptors (Lipinski definition) is 5. The Hall–Kier alpha value is -2.05. The van der Waals surface area contributed by atoms with Gasteiger partial charge >= 0.3 is 0 Å². The number of aromatic nitrogens is 2. The first-order valence-electron chi connectivity index (χ1n) is 8.86. The minimum Gasteiger partial charge on any atom is -0.340 e. The third kappa shape index (κ3) is 4.52. The van der Waals surface area contributed by atoms with Crippen molar-refractivity contribution in [1.82, 2.24) is 24.7 Å². The number of likely N-dealkylation sites (tertiary alicyclic amines) is 1. The van der Waals surface area contributed by atoms with Gasteiger partial charge in [0.25, 0.3) is 0 Å². The highest BCUT2D eigenvalue weighted by molar-refractivity contribution is 5.76. The van der Waals surface area contributed by atoms with Gasteiger partial charge in [-0.2, -0.15) is 0 Å². The Morgan fingerprint density at radius 1 is 1.28 bits per heavy atom. The molecular weight excluding hydrogens is 314 g/mol. The predicted molar refractivity (Wildman–Crippen MR) is 99.2 cm³/mol. The number of para-hydroxylation sites is 2. The third-order valence-electron chi connectivity index (χ3n) is 4.99. The van der Waals surface area contributed by atoms with Crippen LogP contribution in [0.25, 0.3) is 11.0 Å². The van der Waals surface area contributed by atoms with E-state index in [2.05, 4.69) is 33.9 Å². The molecular formula is C19H27N5O. The number of amides is 1. The summed E-state index contributed by atoms with van der Waals surface area (Å²) in [4.78, 5) is 27.8. The number of carbonyl (C=O) groups is 1. The van der Waals surface area contributed by atoms with Crippen LogP contribution in [-0.2, 0) is 11.3 Å². The molecule has 6 nitrogen and oxygen atoms in total. The summed E-state index contributed by atoms with van der Waals surface area (Å²) in [5, 5.41) is 0. The van der Waals surface area contributed by atoms with Gasteiger partial charge in [0.2, 0.25) is 5.91 Å². The molecule has 2 heterocycles. The maximum atomic E-state index is 12.4. The van der Waals surface area contributed by atoms with Crippen LogP contribution in [0.5, 0.6) is 0 Å². The first-order chi connectivity index (χ1) is 12.0. The Labute approximate surface area is 149 Å². The zero-order chi connectivity index (χ0) is 17.8. The summed E-state index contributed by atoms with van der Waals surface area (Å²) >= 11 is 0. The number of likely N-dealkylation sites (N-methyl/N-ethyl adjacent to an activating group) is 2. The molecule has 0 radical (unpaired) electrons. The second-order valence-electron chi connectivity index (χ2n) is 7.04. The molecule has 2 aromatic rings. The Kier molecular flexibility index (Phi) is 5.60. The van der Waals surface area contributed by atoms with E-state index in [9.17, 15) is 4.79 Å². The summed E-state index contributed by atoms with van der Waals surface area (Å²) < 4.78 is 0. The molecule has 25 heavy (non-hydrogen) atoms. The van der Waals surface area contributed by atoms with Gasteiger partial charge in [0.1, 0.15) is 0 Å². The van der Waals surface area contributed by atoms with Crippen molar-refractivity contribution in [3.05, 3.63) is 36.2 Å². The SMILES string of the molecule is CN1CCC(N(C)CCC(=O)N(C)Cc2cnc3ccccc3n2)C1. The molecule has 0 saturated carbocycles. The average molecular weight is 341 g/mol. The largest absolute Gasteiger partial charge is 0.340 e. The summed E-state index contributed by atoms with van der Waals surface area (Å²) in [5.74, 6) is 0.146. The maximum absolute atomic E-state index is 12.4. The summed E-state index contributed by atoms with van der Waals surface area (Å²) in [6.45, 7) is 3.52. The molecule has 0 aliphatic carbocycles. The monoisotopic (exact) mass is 341 g/mol. The van der Waals surface area contributed by atoms with Crippen molar-refractivity contribution >= 4 is 16.9 Å². The summed E-state index contributed by atoms with van der Waals surface area (Å²) in [7, 11) is 6.10. The molecule has 1 amide bonds. The van der Waals surface area contributed by atoms with Crippen LogP contribution in [0.3, 0.4) is 0 Å². The molecule has 1 saturated heterocycles. The Morgan fingerprint density at radius 2 is 2.04 bits per heavy atom. The molecule has 1 aliphatic heterocycles. The molecule has 0 N–H and O–H groups in total. The highest BCUT2D eigenvalue weighted by Crippen LogP contribution is 2.13. The van der Waals surface area contributed by atoms with Crippen LogP contribution in [-0.4, -0.2) is 77.4 Å². The van der Waals surface area contributed by atoms with E-state index in [0.29, 0.717) is 19.0 Å². The number of nitrogens with zero attached hydrogens (tertiary/aromatic N) is 5. The quantitative estimate of drug-likeness (QED) is 0.799. The van der Waals surface area contributed by atoms with Gasteiger partial charge in [0.05, 0.1) is 29.5 Å². The molecule has 0 bridgehead atoms. The van der Waals surface area contributed by atoms with Crippen molar-refractivity contribution in [3.63, 3.8) is 0 Å². The van der Waals surface area contributed by atoms with Crippen molar-refractivity contribution in [2.45, 2.75) is 25.4 Å².